The average molecular weight is 190 g/mol. The summed E-state index contributed by atoms with van der Waals surface area (Å²) in [6.07, 6.45) is 0.0521. The smallest absolute Gasteiger partial charge is 0.305 e. The van der Waals surface area contributed by atoms with Gasteiger partial charge in [0.05, 0.1) is 12.5 Å². The zero-order valence-electron chi connectivity index (χ0n) is 7.19. The highest BCUT2D eigenvalue weighted by molar-refractivity contribution is 5.85. The molecule has 1 amide bonds. The summed E-state index contributed by atoms with van der Waals surface area (Å²) in [6, 6.07) is -1.02. The van der Waals surface area contributed by atoms with Gasteiger partial charge >= 0.3 is 5.97 Å². The molecule has 13 heavy (non-hydrogen) atoms. The number of nitrogens with one attached hydrogen (secondary N) is 1. The molecule has 0 spiro atoms. The predicted octanol–water partition coefficient (Wildman–Crippen LogP) is -1.71. The fraction of sp³-hybridized carbons (Fsp3) is 0.714. The van der Waals surface area contributed by atoms with Crippen molar-refractivity contribution in [1.82, 2.24) is 5.32 Å². The molecule has 6 heteroatoms. The van der Waals surface area contributed by atoms with Gasteiger partial charge < -0.3 is 21.3 Å². The van der Waals surface area contributed by atoms with Gasteiger partial charge in [-0.2, -0.15) is 0 Å². The van der Waals surface area contributed by atoms with Gasteiger partial charge in [-0.3, -0.25) is 9.59 Å². The second-order valence-electron chi connectivity index (χ2n) is 2.57. The van der Waals surface area contributed by atoms with Gasteiger partial charge in [-0.1, -0.05) is 0 Å². The molecule has 1 atom stereocenters. The predicted molar refractivity (Wildman–Crippen MR) is 44.9 cm³/mol. The minimum Gasteiger partial charge on any atom is -0.481 e. The standard InChI is InChI=1S/C7H14N2O4/c8-5(4-6(11)12)7(13)9-2-1-3-10/h5,10H,1-4,8H2,(H,9,13)(H,11,12)/t5-/m0/s1. The van der Waals surface area contributed by atoms with Crippen LogP contribution in [-0.2, 0) is 9.59 Å². The lowest BCUT2D eigenvalue weighted by atomic mass is 10.2. The third-order valence-electron chi connectivity index (χ3n) is 1.37. The Morgan fingerprint density at radius 3 is 2.54 bits per heavy atom. The molecule has 0 aromatic carbocycles. The van der Waals surface area contributed by atoms with Gasteiger partial charge in [-0.15, -0.1) is 0 Å². The van der Waals surface area contributed by atoms with Crippen molar-refractivity contribution in [2.24, 2.45) is 5.73 Å². The first-order chi connectivity index (χ1) is 6.07. The van der Waals surface area contributed by atoms with Crippen molar-refractivity contribution in [2.75, 3.05) is 13.2 Å². The molecule has 0 heterocycles. The van der Waals surface area contributed by atoms with Crippen LogP contribution in [0.4, 0.5) is 0 Å². The third kappa shape index (κ3) is 6.06. The molecular weight excluding hydrogens is 176 g/mol. The molecule has 0 radical (unpaired) electrons. The highest BCUT2D eigenvalue weighted by atomic mass is 16.4. The van der Waals surface area contributed by atoms with E-state index in [9.17, 15) is 9.59 Å². The molecule has 6 nitrogen and oxygen atoms in total. The molecule has 0 aliphatic carbocycles. The lowest BCUT2D eigenvalue weighted by Crippen LogP contribution is -2.42. The Kier molecular flexibility index (Phi) is 5.82. The zero-order valence-corrected chi connectivity index (χ0v) is 7.19. The minimum absolute atomic E-state index is 0.0194. The van der Waals surface area contributed by atoms with Crippen LogP contribution >= 0.6 is 0 Å². The molecule has 0 aromatic heterocycles. The van der Waals surface area contributed by atoms with Crippen LogP contribution in [0, 0.1) is 0 Å². The van der Waals surface area contributed by atoms with Crippen LogP contribution < -0.4 is 11.1 Å². The van der Waals surface area contributed by atoms with Crippen LogP contribution in [0.1, 0.15) is 12.8 Å². The third-order valence-corrected chi connectivity index (χ3v) is 1.37. The fourth-order valence-electron chi connectivity index (χ4n) is 0.703. The van der Waals surface area contributed by atoms with E-state index in [-0.39, 0.29) is 13.0 Å². The van der Waals surface area contributed by atoms with Crippen LogP contribution in [-0.4, -0.2) is 41.3 Å². The molecular formula is C7H14N2O4. The maximum Gasteiger partial charge on any atom is 0.305 e. The average Bonchev–Trinajstić information content (AvgIpc) is 2.03. The van der Waals surface area contributed by atoms with Crippen molar-refractivity contribution >= 4 is 11.9 Å². The van der Waals surface area contributed by atoms with Crippen LogP contribution in [0.3, 0.4) is 0 Å². The summed E-state index contributed by atoms with van der Waals surface area (Å²) in [5, 5.41) is 19.1. The number of aliphatic carboxylic acids is 1. The van der Waals surface area contributed by atoms with E-state index in [1.54, 1.807) is 0 Å². The van der Waals surface area contributed by atoms with Crippen LogP contribution in [0.25, 0.3) is 0 Å². The second kappa shape index (κ2) is 6.38. The molecule has 0 rings (SSSR count). The Labute approximate surface area is 75.7 Å². The number of aliphatic hydroxyl groups excluding tert-OH is 1. The van der Waals surface area contributed by atoms with Gasteiger partial charge in [0.15, 0.2) is 0 Å². The lowest BCUT2D eigenvalue weighted by molar-refractivity contribution is -0.139. The number of carboxylic acid groups (broad SMARTS) is 1. The van der Waals surface area contributed by atoms with E-state index < -0.39 is 17.9 Å². The number of carbonyl (C=O) groups excluding carboxylic acids is 1. The van der Waals surface area contributed by atoms with Crippen molar-refractivity contribution in [3.8, 4) is 0 Å². The van der Waals surface area contributed by atoms with E-state index in [0.29, 0.717) is 13.0 Å². The molecule has 0 bridgehead atoms. The quantitative estimate of drug-likeness (QED) is 0.372. The number of hydrogen-bond acceptors (Lipinski definition) is 4. The first-order valence-corrected chi connectivity index (χ1v) is 3.94. The van der Waals surface area contributed by atoms with Gasteiger partial charge in [-0.25, -0.2) is 0 Å². The van der Waals surface area contributed by atoms with Crippen molar-refractivity contribution in [2.45, 2.75) is 18.9 Å². The van der Waals surface area contributed by atoms with E-state index in [2.05, 4.69) is 5.32 Å². The van der Waals surface area contributed by atoms with Crippen molar-refractivity contribution in [3.05, 3.63) is 0 Å². The van der Waals surface area contributed by atoms with E-state index in [1.807, 2.05) is 0 Å². The number of carboxylic acids is 1. The number of rotatable bonds is 6. The number of hydrogen-bond donors (Lipinski definition) is 4. The minimum atomic E-state index is -1.11. The molecule has 0 aliphatic rings. The monoisotopic (exact) mass is 190 g/mol. The second-order valence-corrected chi connectivity index (χ2v) is 2.57. The molecule has 0 saturated carbocycles. The largest absolute Gasteiger partial charge is 0.481 e. The molecule has 76 valence electrons. The number of nitrogens with two attached hydrogens (primary N) is 1. The van der Waals surface area contributed by atoms with Gasteiger partial charge in [0.25, 0.3) is 0 Å². The maximum atomic E-state index is 11.0. The molecule has 0 unspecified atom stereocenters. The summed E-state index contributed by atoms with van der Waals surface area (Å²) < 4.78 is 0. The van der Waals surface area contributed by atoms with Crippen molar-refractivity contribution < 1.29 is 19.8 Å². The first kappa shape index (κ1) is 11.9. The van der Waals surface area contributed by atoms with E-state index in [4.69, 9.17) is 15.9 Å². The summed E-state index contributed by atoms with van der Waals surface area (Å²) in [5.41, 5.74) is 5.25. The summed E-state index contributed by atoms with van der Waals surface area (Å²) in [4.78, 5) is 21.1. The fourth-order valence-corrected chi connectivity index (χ4v) is 0.703. The number of aliphatic hydroxyl groups is 1. The molecule has 5 N–H and O–H groups in total. The summed E-state index contributed by atoms with van der Waals surface area (Å²) in [7, 11) is 0. The van der Waals surface area contributed by atoms with E-state index >= 15 is 0 Å². The van der Waals surface area contributed by atoms with Crippen molar-refractivity contribution in [1.29, 1.82) is 0 Å². The summed E-state index contributed by atoms with van der Waals surface area (Å²) in [5.74, 6) is -1.61. The van der Waals surface area contributed by atoms with E-state index in [0.717, 1.165) is 0 Å². The summed E-state index contributed by atoms with van der Waals surface area (Å²) in [6.45, 7) is 0.289. The van der Waals surface area contributed by atoms with Gasteiger partial charge in [-0.05, 0) is 6.42 Å². The molecule has 0 fully saturated rings. The Morgan fingerprint density at radius 1 is 1.46 bits per heavy atom. The molecule has 0 saturated heterocycles. The molecule has 0 aromatic rings. The van der Waals surface area contributed by atoms with Gasteiger partial charge in [0, 0.05) is 13.2 Å². The highest BCUT2D eigenvalue weighted by Crippen LogP contribution is 1.88. The summed E-state index contributed by atoms with van der Waals surface area (Å²) >= 11 is 0. The SMILES string of the molecule is N[C@@H](CC(=O)O)C(=O)NCCCO. The Hall–Kier alpha value is -1.14. The van der Waals surface area contributed by atoms with Crippen LogP contribution in [0.15, 0.2) is 0 Å². The molecule has 0 aliphatic heterocycles. The van der Waals surface area contributed by atoms with Gasteiger partial charge in [0.2, 0.25) is 5.91 Å². The first-order valence-electron chi connectivity index (χ1n) is 3.94. The number of amides is 1. The van der Waals surface area contributed by atoms with Gasteiger partial charge in [0.1, 0.15) is 0 Å². The van der Waals surface area contributed by atoms with Crippen molar-refractivity contribution in [3.63, 3.8) is 0 Å². The van der Waals surface area contributed by atoms with Crippen LogP contribution in [0.2, 0.25) is 0 Å². The maximum absolute atomic E-state index is 11.0. The number of carbonyl (C=O) groups is 2. The van der Waals surface area contributed by atoms with Crippen LogP contribution in [0.5, 0.6) is 0 Å². The Morgan fingerprint density at radius 2 is 2.08 bits per heavy atom. The topological polar surface area (TPSA) is 113 Å². The lowest BCUT2D eigenvalue weighted by Gasteiger charge is -2.08. The Balaban J connectivity index is 3.63. The normalized spacial score (nSPS) is 12.2. The highest BCUT2D eigenvalue weighted by Gasteiger charge is 2.15. The zero-order chi connectivity index (χ0) is 10.3. The Bertz CT molecular complexity index is 183. The van der Waals surface area contributed by atoms with E-state index in [1.165, 1.54) is 0 Å².